The van der Waals surface area contributed by atoms with E-state index in [1.165, 1.54) is 4.88 Å². The summed E-state index contributed by atoms with van der Waals surface area (Å²) in [7, 11) is 0. The molecule has 20 heavy (non-hydrogen) atoms. The third kappa shape index (κ3) is 2.69. The van der Waals surface area contributed by atoms with Crippen molar-refractivity contribution in [3.8, 4) is 0 Å². The van der Waals surface area contributed by atoms with Crippen LogP contribution in [0.2, 0.25) is 0 Å². The molecule has 2 aromatic rings. The van der Waals surface area contributed by atoms with Crippen molar-refractivity contribution in [3.05, 3.63) is 23.2 Å². The number of nitrogens with zero attached hydrogens (tertiary/aromatic N) is 5. The van der Waals surface area contributed by atoms with Crippen LogP contribution in [0.3, 0.4) is 0 Å². The highest BCUT2D eigenvalue weighted by Gasteiger charge is 2.20. The van der Waals surface area contributed by atoms with E-state index in [1.807, 2.05) is 6.20 Å². The number of hydrogen-bond acceptors (Lipinski definition) is 6. The summed E-state index contributed by atoms with van der Waals surface area (Å²) in [5.41, 5.74) is 0. The Morgan fingerprint density at radius 1 is 1.45 bits per heavy atom. The van der Waals surface area contributed by atoms with Gasteiger partial charge >= 0.3 is 0 Å². The zero-order chi connectivity index (χ0) is 13.9. The highest BCUT2D eigenvalue weighted by atomic mass is 32.1. The van der Waals surface area contributed by atoms with E-state index in [2.05, 4.69) is 43.8 Å². The van der Waals surface area contributed by atoms with Crippen molar-refractivity contribution >= 4 is 16.5 Å². The van der Waals surface area contributed by atoms with Gasteiger partial charge in [-0.25, -0.2) is 4.98 Å². The molecular formula is C13H20N6S. The van der Waals surface area contributed by atoms with Crippen LogP contribution in [0.5, 0.6) is 0 Å². The summed E-state index contributed by atoms with van der Waals surface area (Å²) in [5.74, 6) is 1.02. The Balaban J connectivity index is 1.68. The second-order valence-corrected chi connectivity index (χ2v) is 6.12. The maximum absolute atomic E-state index is 4.57. The highest BCUT2D eigenvalue weighted by molar-refractivity contribution is 7.15. The Labute approximate surface area is 122 Å². The molecule has 0 spiro atoms. The number of aromatic nitrogens is 4. The molecule has 1 N–H and O–H groups in total. The zero-order valence-corrected chi connectivity index (χ0v) is 12.7. The van der Waals surface area contributed by atoms with Gasteiger partial charge in [-0.3, -0.25) is 0 Å². The molecule has 0 aromatic carbocycles. The molecule has 6 nitrogen and oxygen atoms in total. The standard InChI is InChI=1S/C13H20N6S/c1-3-4-14-10(2)11-7-15-13(20-11)18-5-6-19-9-16-17-12(19)8-18/h7,9-10,14H,3-6,8H2,1-2H3. The molecule has 1 atom stereocenters. The van der Waals surface area contributed by atoms with Crippen molar-refractivity contribution in [2.75, 3.05) is 18.0 Å². The first-order chi connectivity index (χ1) is 9.78. The summed E-state index contributed by atoms with van der Waals surface area (Å²) in [5, 5.41) is 12.7. The van der Waals surface area contributed by atoms with Crippen molar-refractivity contribution in [2.45, 2.75) is 39.4 Å². The molecule has 0 amide bonds. The first-order valence-electron chi connectivity index (χ1n) is 7.08. The summed E-state index contributed by atoms with van der Waals surface area (Å²) in [6.07, 6.45) is 4.95. The van der Waals surface area contributed by atoms with Gasteiger partial charge in [0.1, 0.15) is 6.33 Å². The molecule has 0 saturated heterocycles. The van der Waals surface area contributed by atoms with E-state index in [0.717, 1.165) is 43.6 Å². The number of thiazole rings is 1. The van der Waals surface area contributed by atoms with Crippen LogP contribution in [0.15, 0.2) is 12.5 Å². The van der Waals surface area contributed by atoms with E-state index in [0.29, 0.717) is 6.04 Å². The van der Waals surface area contributed by atoms with E-state index < -0.39 is 0 Å². The molecule has 1 unspecified atom stereocenters. The fraction of sp³-hybridized carbons (Fsp3) is 0.615. The molecule has 0 radical (unpaired) electrons. The van der Waals surface area contributed by atoms with E-state index in [-0.39, 0.29) is 0 Å². The van der Waals surface area contributed by atoms with Gasteiger partial charge < -0.3 is 14.8 Å². The minimum absolute atomic E-state index is 0.370. The molecule has 3 rings (SSSR count). The Morgan fingerprint density at radius 2 is 2.35 bits per heavy atom. The van der Waals surface area contributed by atoms with Crippen LogP contribution in [-0.4, -0.2) is 32.8 Å². The summed E-state index contributed by atoms with van der Waals surface area (Å²) in [6, 6.07) is 0.370. The molecule has 0 aliphatic carbocycles. The maximum Gasteiger partial charge on any atom is 0.186 e. The minimum atomic E-state index is 0.370. The summed E-state index contributed by atoms with van der Waals surface area (Å²) in [6.45, 7) is 8.11. The van der Waals surface area contributed by atoms with Crippen molar-refractivity contribution in [1.82, 2.24) is 25.1 Å². The van der Waals surface area contributed by atoms with Gasteiger partial charge in [0.15, 0.2) is 11.0 Å². The van der Waals surface area contributed by atoms with E-state index >= 15 is 0 Å². The molecule has 1 aliphatic heterocycles. The number of nitrogens with one attached hydrogen (secondary N) is 1. The molecule has 7 heteroatoms. The first kappa shape index (κ1) is 13.5. The van der Waals surface area contributed by atoms with Gasteiger partial charge in [0.05, 0.1) is 6.54 Å². The Morgan fingerprint density at radius 3 is 3.20 bits per heavy atom. The summed E-state index contributed by atoms with van der Waals surface area (Å²) >= 11 is 1.77. The zero-order valence-electron chi connectivity index (χ0n) is 11.9. The normalized spacial score (nSPS) is 16.2. The van der Waals surface area contributed by atoms with E-state index in [4.69, 9.17) is 0 Å². The fourth-order valence-electron chi connectivity index (χ4n) is 2.31. The van der Waals surface area contributed by atoms with E-state index in [1.54, 1.807) is 17.7 Å². The molecule has 3 heterocycles. The Bertz CT molecular complexity index is 563. The number of hydrogen-bond donors (Lipinski definition) is 1. The average Bonchev–Trinajstić information content (AvgIpc) is 3.12. The second kappa shape index (κ2) is 5.88. The number of fused-ring (bicyclic) bond motifs is 1. The predicted octanol–water partition coefficient (Wildman–Crippen LogP) is 1.82. The van der Waals surface area contributed by atoms with Crippen LogP contribution >= 0.6 is 11.3 Å². The quantitative estimate of drug-likeness (QED) is 0.911. The molecule has 1 aliphatic rings. The lowest BCUT2D eigenvalue weighted by atomic mass is 10.3. The Kier molecular flexibility index (Phi) is 3.98. The van der Waals surface area contributed by atoms with Crippen LogP contribution in [0, 0.1) is 0 Å². The summed E-state index contributed by atoms with van der Waals surface area (Å²) in [4.78, 5) is 8.15. The summed E-state index contributed by atoms with van der Waals surface area (Å²) < 4.78 is 2.11. The topological polar surface area (TPSA) is 58.9 Å². The Hall–Kier alpha value is -1.47. The van der Waals surface area contributed by atoms with Gasteiger partial charge in [-0.15, -0.1) is 21.5 Å². The lowest BCUT2D eigenvalue weighted by molar-refractivity contribution is 0.559. The lowest BCUT2D eigenvalue weighted by Crippen LogP contribution is -2.33. The molecule has 108 valence electrons. The molecule has 2 aromatic heterocycles. The van der Waals surface area contributed by atoms with Crippen molar-refractivity contribution in [3.63, 3.8) is 0 Å². The van der Waals surface area contributed by atoms with Crippen molar-refractivity contribution in [2.24, 2.45) is 0 Å². The van der Waals surface area contributed by atoms with Gasteiger partial charge in [-0.1, -0.05) is 6.92 Å². The smallest absolute Gasteiger partial charge is 0.186 e. The van der Waals surface area contributed by atoms with Gasteiger partial charge in [0.2, 0.25) is 0 Å². The third-order valence-corrected chi connectivity index (χ3v) is 4.79. The van der Waals surface area contributed by atoms with E-state index in [9.17, 15) is 0 Å². The second-order valence-electron chi connectivity index (χ2n) is 5.08. The van der Waals surface area contributed by atoms with Crippen LogP contribution in [0.4, 0.5) is 5.13 Å². The van der Waals surface area contributed by atoms with Crippen LogP contribution in [0.25, 0.3) is 0 Å². The predicted molar refractivity (Wildman–Crippen MR) is 79.9 cm³/mol. The van der Waals surface area contributed by atoms with Crippen LogP contribution in [0.1, 0.15) is 37.0 Å². The highest BCUT2D eigenvalue weighted by Crippen LogP contribution is 2.29. The first-order valence-corrected chi connectivity index (χ1v) is 7.90. The van der Waals surface area contributed by atoms with Gasteiger partial charge in [-0.2, -0.15) is 0 Å². The third-order valence-electron chi connectivity index (χ3n) is 3.55. The SMILES string of the molecule is CCCNC(C)c1cnc(N2CCn3cnnc3C2)s1. The molecule has 0 saturated carbocycles. The molecule has 0 bridgehead atoms. The van der Waals surface area contributed by atoms with Crippen molar-refractivity contribution in [1.29, 1.82) is 0 Å². The number of rotatable bonds is 5. The molecule has 0 fully saturated rings. The van der Waals surface area contributed by atoms with Gasteiger partial charge in [0, 0.05) is 30.2 Å². The lowest BCUT2D eigenvalue weighted by Gasteiger charge is -2.26. The van der Waals surface area contributed by atoms with Crippen LogP contribution < -0.4 is 10.2 Å². The van der Waals surface area contributed by atoms with Gasteiger partial charge in [-0.05, 0) is 19.9 Å². The fourth-order valence-corrected chi connectivity index (χ4v) is 3.28. The van der Waals surface area contributed by atoms with Crippen LogP contribution in [-0.2, 0) is 13.1 Å². The maximum atomic E-state index is 4.57. The largest absolute Gasteiger partial charge is 0.339 e. The average molecular weight is 292 g/mol. The number of anilines is 1. The monoisotopic (exact) mass is 292 g/mol. The minimum Gasteiger partial charge on any atom is -0.339 e. The molecular weight excluding hydrogens is 272 g/mol. The van der Waals surface area contributed by atoms with Crippen molar-refractivity contribution < 1.29 is 0 Å². The van der Waals surface area contributed by atoms with Gasteiger partial charge in [0.25, 0.3) is 0 Å².